The number of hydrogen-bond donors (Lipinski definition) is 4. The van der Waals surface area contributed by atoms with Gasteiger partial charge in [-0.25, -0.2) is 0 Å². The number of methoxy groups -OCH3 is 2. The second-order valence-corrected chi connectivity index (χ2v) is 18.9. The van der Waals surface area contributed by atoms with E-state index < -0.39 is 103 Å². The minimum Gasteiger partial charge on any atom is -0.462 e. The Hall–Kier alpha value is -1.86. The molecule has 4 aliphatic rings. The lowest BCUT2D eigenvalue weighted by molar-refractivity contribution is -0.304. The van der Waals surface area contributed by atoms with Crippen LogP contribution in [-0.4, -0.2) is 176 Å². The molecule has 0 aliphatic carbocycles. The molecule has 15 nitrogen and oxygen atoms in total. The highest BCUT2D eigenvalue weighted by molar-refractivity contribution is 5.91. The monoisotopic (exact) mass is 869 g/mol. The zero-order valence-corrected chi connectivity index (χ0v) is 38.9. The van der Waals surface area contributed by atoms with Crippen LogP contribution < -0.4 is 0 Å². The normalized spacial score (nSPS) is 44.3. The molecule has 0 amide bonds. The molecule has 0 aromatic carbocycles. The number of carbonyl (C=O) groups excluding carboxylic acids is 2. The summed E-state index contributed by atoms with van der Waals surface area (Å²) in [5.74, 6) is -1.46. The minimum absolute atomic E-state index is 0.0427. The molecule has 4 heterocycles. The van der Waals surface area contributed by atoms with E-state index in [1.165, 1.54) is 20.6 Å². The second-order valence-electron chi connectivity index (χ2n) is 18.9. The first-order valence-corrected chi connectivity index (χ1v) is 22.6. The number of likely N-dealkylation sites (tertiary alicyclic amines) is 1. The Balaban J connectivity index is 1.68. The van der Waals surface area contributed by atoms with Crippen LogP contribution in [0.3, 0.4) is 0 Å². The molecule has 3 unspecified atom stereocenters. The van der Waals surface area contributed by atoms with Gasteiger partial charge in [-0.1, -0.05) is 52.3 Å². The maximum absolute atomic E-state index is 14.0. The number of hydrogen-bond acceptors (Lipinski definition) is 15. The molecule has 0 saturated carbocycles. The van der Waals surface area contributed by atoms with Crippen LogP contribution in [0.2, 0.25) is 0 Å². The largest absolute Gasteiger partial charge is 0.462 e. The summed E-state index contributed by atoms with van der Waals surface area (Å²) in [5.41, 5.74) is 0.761. The lowest BCUT2D eigenvalue weighted by Crippen LogP contribution is -2.63. The fourth-order valence-corrected chi connectivity index (χ4v) is 10.0. The molecule has 4 rings (SSSR count). The summed E-state index contributed by atoms with van der Waals surface area (Å²) in [6.45, 7) is 18.2. The van der Waals surface area contributed by atoms with E-state index in [0.29, 0.717) is 31.1 Å². The van der Waals surface area contributed by atoms with Gasteiger partial charge in [0, 0.05) is 45.1 Å². The fourth-order valence-electron chi connectivity index (χ4n) is 10.0. The average molecular weight is 869 g/mol. The van der Waals surface area contributed by atoms with Crippen molar-refractivity contribution >= 4 is 11.8 Å². The van der Waals surface area contributed by atoms with Gasteiger partial charge < -0.3 is 63.4 Å². The van der Waals surface area contributed by atoms with E-state index in [1.54, 1.807) is 45.0 Å². The zero-order chi connectivity index (χ0) is 45.3. The summed E-state index contributed by atoms with van der Waals surface area (Å²) >= 11 is 0. The molecule has 4 aliphatic heterocycles. The topological polar surface area (TPSA) is 186 Å². The van der Waals surface area contributed by atoms with Gasteiger partial charge in [0.2, 0.25) is 0 Å². The number of allylic oxidation sites excluding steroid dienone is 3. The number of likely N-dealkylation sites (N-methyl/N-ethyl adjacent to an activating group) is 1. The maximum Gasteiger partial charge on any atom is 0.308 e. The summed E-state index contributed by atoms with van der Waals surface area (Å²) < 4.78 is 42.6. The molecular weight excluding hydrogens is 789 g/mol. The summed E-state index contributed by atoms with van der Waals surface area (Å²) in [6, 6.07) is -0.684. The van der Waals surface area contributed by atoms with Crippen molar-refractivity contribution in [2.24, 2.45) is 35.5 Å². The quantitative estimate of drug-likeness (QED) is 0.209. The van der Waals surface area contributed by atoms with Crippen LogP contribution in [-0.2, 0) is 42.7 Å². The van der Waals surface area contributed by atoms with Crippen molar-refractivity contribution in [1.82, 2.24) is 9.80 Å². The number of ketones is 1. The molecule has 15 heteroatoms. The Morgan fingerprint density at radius 3 is 2.05 bits per heavy atom. The Labute approximate surface area is 365 Å². The standard InChI is InChI=1S/C46H80N2O13/c1-13-36-33(24-57-46-44(56-12)43(55-11)40(53)31(8)59-46)19-25(2)14-15-34(49)28(5)20-32(16-17-48-22-26(3)18-27(4)23-48)42(29(6)35(50)21-37(51)60-36)61-45-41(54)38(47(9)10)39(52)30(7)58-45/h14-15,19,26-33,35-36,38-46,50,52-54H,13,16-18,20-24H2,1-12H3/b15-14+,25-19+/t26?,27?,28-,29+,30-,31-,32+,33-,35?,36-,38+,39-,40-,41-,42-,43-,44-,45+,46-/m1/s1. The van der Waals surface area contributed by atoms with E-state index in [0.717, 1.165) is 25.2 Å². The molecule has 4 N–H and O–H groups in total. The van der Waals surface area contributed by atoms with Gasteiger partial charge in [0.25, 0.3) is 0 Å². The third kappa shape index (κ3) is 13.8. The van der Waals surface area contributed by atoms with Crippen molar-refractivity contribution in [1.29, 1.82) is 0 Å². The number of aliphatic hydroxyl groups is 4. The molecule has 61 heavy (non-hydrogen) atoms. The van der Waals surface area contributed by atoms with Crippen molar-refractivity contribution in [3.05, 3.63) is 23.8 Å². The number of piperidine rings is 1. The van der Waals surface area contributed by atoms with Gasteiger partial charge in [0.15, 0.2) is 18.4 Å². The van der Waals surface area contributed by atoms with Gasteiger partial charge in [0.05, 0.1) is 49.6 Å². The Morgan fingerprint density at radius 2 is 1.44 bits per heavy atom. The van der Waals surface area contributed by atoms with E-state index in [1.807, 2.05) is 33.8 Å². The van der Waals surface area contributed by atoms with Gasteiger partial charge in [-0.15, -0.1) is 0 Å². The van der Waals surface area contributed by atoms with Gasteiger partial charge in [-0.3, -0.25) is 9.59 Å². The van der Waals surface area contributed by atoms with Crippen LogP contribution in [0.4, 0.5) is 0 Å². The molecule has 0 aromatic rings. The number of aliphatic hydroxyl groups excluding tert-OH is 4. The van der Waals surface area contributed by atoms with Crippen molar-refractivity contribution in [3.63, 3.8) is 0 Å². The number of esters is 1. The number of rotatable bonds is 12. The second kappa shape index (κ2) is 23.9. The summed E-state index contributed by atoms with van der Waals surface area (Å²) in [4.78, 5) is 32.1. The molecule has 3 fully saturated rings. The molecule has 19 atom stereocenters. The number of cyclic esters (lactones) is 1. The molecule has 352 valence electrons. The third-order valence-corrected chi connectivity index (χ3v) is 13.5. The highest BCUT2D eigenvalue weighted by Gasteiger charge is 2.48. The predicted octanol–water partition coefficient (Wildman–Crippen LogP) is 3.34. The van der Waals surface area contributed by atoms with Crippen LogP contribution in [0, 0.1) is 35.5 Å². The first-order valence-electron chi connectivity index (χ1n) is 22.6. The van der Waals surface area contributed by atoms with E-state index in [4.69, 9.17) is 33.2 Å². The molecule has 0 spiro atoms. The number of carbonyl (C=O) groups is 2. The van der Waals surface area contributed by atoms with E-state index in [-0.39, 0.29) is 24.7 Å². The maximum atomic E-state index is 14.0. The molecule has 0 radical (unpaired) electrons. The molecular formula is C46H80N2O13. The van der Waals surface area contributed by atoms with Crippen LogP contribution in [0.5, 0.6) is 0 Å². The van der Waals surface area contributed by atoms with Crippen LogP contribution in [0.25, 0.3) is 0 Å². The van der Waals surface area contributed by atoms with E-state index in [9.17, 15) is 30.0 Å². The van der Waals surface area contributed by atoms with Gasteiger partial charge >= 0.3 is 5.97 Å². The SMILES string of the molecule is CC[C@H]1OC(=O)CC(O)[C@H](C)[C@@H](O[C@@H]2O[C@H](C)[C@@H](O)[C@H](N(C)C)[C@H]2O)[C@@H](CCN2CC(C)CC(C)C2)C[C@@H](C)C(=O)/C=C/C(C)=C/[C@@H]1CO[C@@H]1O[C@H](C)[C@@H](O)[C@@H](OC)[C@H]1OC. The minimum atomic E-state index is -1.23. The molecule has 0 bridgehead atoms. The van der Waals surface area contributed by atoms with Crippen LogP contribution >= 0.6 is 0 Å². The van der Waals surface area contributed by atoms with Crippen molar-refractivity contribution in [3.8, 4) is 0 Å². The fraction of sp³-hybridized carbons (Fsp3) is 0.870. The molecule has 0 aromatic heterocycles. The average Bonchev–Trinajstić information content (AvgIpc) is 3.19. The molecule has 3 saturated heterocycles. The van der Waals surface area contributed by atoms with E-state index >= 15 is 0 Å². The summed E-state index contributed by atoms with van der Waals surface area (Å²) in [5, 5.41) is 45.3. The van der Waals surface area contributed by atoms with Gasteiger partial charge in [-0.05, 0) is 90.9 Å². The van der Waals surface area contributed by atoms with Crippen molar-refractivity contribution in [2.75, 3.05) is 54.6 Å². The first kappa shape index (κ1) is 51.8. The first-order chi connectivity index (χ1) is 28.8. The number of nitrogens with zero attached hydrogens (tertiary/aromatic N) is 2. The lowest BCUT2D eigenvalue weighted by atomic mass is 9.79. The van der Waals surface area contributed by atoms with E-state index in [2.05, 4.69) is 18.7 Å². The Bertz CT molecular complexity index is 1420. The van der Waals surface area contributed by atoms with Crippen LogP contribution in [0.15, 0.2) is 23.8 Å². The summed E-state index contributed by atoms with van der Waals surface area (Å²) in [7, 11) is 6.54. The Morgan fingerprint density at radius 1 is 0.820 bits per heavy atom. The number of ether oxygens (including phenoxy) is 7. The highest BCUT2D eigenvalue weighted by atomic mass is 16.7. The highest BCUT2D eigenvalue weighted by Crippen LogP contribution is 2.36. The predicted molar refractivity (Wildman–Crippen MR) is 229 cm³/mol. The third-order valence-electron chi connectivity index (χ3n) is 13.5. The van der Waals surface area contributed by atoms with Crippen molar-refractivity contribution in [2.45, 2.75) is 167 Å². The zero-order valence-electron chi connectivity index (χ0n) is 38.9. The van der Waals surface area contributed by atoms with Gasteiger partial charge in [0.1, 0.15) is 30.5 Å². The van der Waals surface area contributed by atoms with Crippen LogP contribution in [0.1, 0.15) is 87.5 Å². The smallest absolute Gasteiger partial charge is 0.308 e. The van der Waals surface area contributed by atoms with Gasteiger partial charge in [-0.2, -0.15) is 0 Å². The lowest BCUT2D eigenvalue weighted by Gasteiger charge is -2.47. The van der Waals surface area contributed by atoms with Crippen molar-refractivity contribution < 1.29 is 63.2 Å². The summed E-state index contributed by atoms with van der Waals surface area (Å²) in [6.07, 6.45) is -2.96. The Kier molecular flexibility index (Phi) is 20.3.